The number of rotatable bonds is 4. The molecule has 0 saturated carbocycles. The quantitative estimate of drug-likeness (QED) is 0.809. The van der Waals surface area contributed by atoms with Crippen molar-refractivity contribution in [2.75, 3.05) is 5.32 Å². The molecule has 0 fully saturated rings. The van der Waals surface area contributed by atoms with Crippen molar-refractivity contribution >= 4 is 23.0 Å². The van der Waals surface area contributed by atoms with Crippen LogP contribution < -0.4 is 10.6 Å². The maximum absolute atomic E-state index is 12.9. The van der Waals surface area contributed by atoms with Gasteiger partial charge in [-0.1, -0.05) is 13.3 Å². The molecular formula is C12H16F2N2S. The summed E-state index contributed by atoms with van der Waals surface area (Å²) in [5.74, 6) is -1.76. The van der Waals surface area contributed by atoms with E-state index in [1.807, 2.05) is 6.92 Å². The standard InChI is InChI=1S/C12H16F2N2S/c1-3-4-8(2)15-12(17)16-9-5-6-10(13)11(14)7-9/h5-8H,3-4H2,1-2H3,(H2,15,16,17)/t8-/m1/s1. The minimum atomic E-state index is -0.889. The van der Waals surface area contributed by atoms with Gasteiger partial charge in [0.05, 0.1) is 0 Å². The Hall–Kier alpha value is -1.23. The monoisotopic (exact) mass is 258 g/mol. The molecule has 5 heteroatoms. The maximum atomic E-state index is 12.9. The zero-order valence-electron chi connectivity index (χ0n) is 9.89. The molecule has 1 rings (SSSR count). The number of anilines is 1. The number of benzene rings is 1. The van der Waals surface area contributed by atoms with Crippen LogP contribution in [0.25, 0.3) is 0 Å². The van der Waals surface area contributed by atoms with E-state index in [1.165, 1.54) is 6.07 Å². The van der Waals surface area contributed by atoms with E-state index in [1.54, 1.807) is 0 Å². The average molecular weight is 258 g/mol. The van der Waals surface area contributed by atoms with Crippen molar-refractivity contribution in [3.63, 3.8) is 0 Å². The Morgan fingerprint density at radius 2 is 2.06 bits per heavy atom. The molecule has 0 unspecified atom stereocenters. The third-order valence-corrected chi connectivity index (χ3v) is 2.50. The lowest BCUT2D eigenvalue weighted by Crippen LogP contribution is -2.35. The molecule has 2 N–H and O–H groups in total. The summed E-state index contributed by atoms with van der Waals surface area (Å²) in [5, 5.41) is 6.29. The Labute approximate surface area is 105 Å². The summed E-state index contributed by atoms with van der Waals surface area (Å²) in [6.45, 7) is 4.10. The summed E-state index contributed by atoms with van der Waals surface area (Å²) in [5.41, 5.74) is 0.435. The summed E-state index contributed by atoms with van der Waals surface area (Å²) in [6.07, 6.45) is 2.06. The van der Waals surface area contributed by atoms with Crippen molar-refractivity contribution in [1.29, 1.82) is 0 Å². The van der Waals surface area contributed by atoms with Gasteiger partial charge in [-0.2, -0.15) is 0 Å². The minimum Gasteiger partial charge on any atom is -0.360 e. The Bertz CT molecular complexity index is 396. The summed E-state index contributed by atoms with van der Waals surface area (Å²) in [4.78, 5) is 0. The minimum absolute atomic E-state index is 0.255. The Morgan fingerprint density at radius 3 is 2.65 bits per heavy atom. The normalized spacial score (nSPS) is 12.0. The Kier molecular flexibility index (Phi) is 5.28. The molecule has 0 bridgehead atoms. The molecule has 0 aromatic heterocycles. The molecule has 0 radical (unpaired) electrons. The number of hydrogen-bond donors (Lipinski definition) is 2. The topological polar surface area (TPSA) is 24.1 Å². The van der Waals surface area contributed by atoms with Gasteiger partial charge < -0.3 is 10.6 Å². The number of nitrogens with one attached hydrogen (secondary N) is 2. The SMILES string of the molecule is CCC[C@@H](C)NC(=S)Nc1ccc(F)c(F)c1. The van der Waals surface area contributed by atoms with Crippen LogP contribution >= 0.6 is 12.2 Å². The summed E-state index contributed by atoms with van der Waals surface area (Å²) < 4.78 is 25.6. The van der Waals surface area contributed by atoms with E-state index < -0.39 is 11.6 Å². The zero-order chi connectivity index (χ0) is 12.8. The third kappa shape index (κ3) is 4.65. The van der Waals surface area contributed by atoms with Gasteiger partial charge in [0.1, 0.15) is 0 Å². The molecule has 0 aliphatic rings. The highest BCUT2D eigenvalue weighted by Gasteiger charge is 2.05. The second-order valence-corrected chi connectivity index (χ2v) is 4.33. The largest absolute Gasteiger partial charge is 0.360 e. The molecule has 1 atom stereocenters. The van der Waals surface area contributed by atoms with Crippen LogP contribution in [0.1, 0.15) is 26.7 Å². The second kappa shape index (κ2) is 6.49. The molecular weight excluding hydrogens is 242 g/mol. The maximum Gasteiger partial charge on any atom is 0.170 e. The van der Waals surface area contributed by atoms with Gasteiger partial charge in [-0.15, -0.1) is 0 Å². The van der Waals surface area contributed by atoms with E-state index in [0.29, 0.717) is 10.8 Å². The average Bonchev–Trinajstić information content (AvgIpc) is 2.23. The highest BCUT2D eigenvalue weighted by Crippen LogP contribution is 2.12. The molecule has 2 nitrogen and oxygen atoms in total. The molecule has 0 aliphatic heterocycles. The van der Waals surface area contributed by atoms with Crippen molar-refractivity contribution in [2.45, 2.75) is 32.7 Å². The van der Waals surface area contributed by atoms with E-state index in [9.17, 15) is 8.78 Å². The fourth-order valence-electron chi connectivity index (χ4n) is 1.47. The number of halogens is 2. The van der Waals surface area contributed by atoms with Crippen LogP contribution in [0, 0.1) is 11.6 Å². The zero-order valence-corrected chi connectivity index (χ0v) is 10.7. The van der Waals surface area contributed by atoms with Crippen LogP contribution in [-0.2, 0) is 0 Å². The summed E-state index contributed by atoms with van der Waals surface area (Å²) >= 11 is 5.06. The van der Waals surface area contributed by atoms with Crippen molar-refractivity contribution in [2.24, 2.45) is 0 Å². The first-order valence-electron chi connectivity index (χ1n) is 5.55. The molecule has 94 valence electrons. The Balaban J connectivity index is 2.53. The first kappa shape index (κ1) is 13.8. The van der Waals surface area contributed by atoms with Crippen molar-refractivity contribution < 1.29 is 8.78 Å². The molecule has 0 saturated heterocycles. The molecule has 0 amide bonds. The summed E-state index contributed by atoms with van der Waals surface area (Å²) in [6, 6.07) is 3.84. The van der Waals surface area contributed by atoms with E-state index in [-0.39, 0.29) is 6.04 Å². The van der Waals surface area contributed by atoms with E-state index in [2.05, 4.69) is 17.6 Å². The van der Waals surface area contributed by atoms with Gasteiger partial charge in [0.25, 0.3) is 0 Å². The van der Waals surface area contributed by atoms with E-state index in [0.717, 1.165) is 25.0 Å². The highest BCUT2D eigenvalue weighted by atomic mass is 32.1. The first-order valence-corrected chi connectivity index (χ1v) is 5.96. The predicted octanol–water partition coefficient (Wildman–Crippen LogP) is 3.44. The lowest BCUT2D eigenvalue weighted by Gasteiger charge is -2.16. The Morgan fingerprint density at radius 1 is 1.35 bits per heavy atom. The van der Waals surface area contributed by atoms with Crippen LogP contribution in [0.5, 0.6) is 0 Å². The van der Waals surface area contributed by atoms with Crippen LogP contribution in [-0.4, -0.2) is 11.2 Å². The highest BCUT2D eigenvalue weighted by molar-refractivity contribution is 7.80. The fourth-order valence-corrected chi connectivity index (χ4v) is 1.79. The molecule has 1 aromatic carbocycles. The predicted molar refractivity (Wildman–Crippen MR) is 70.1 cm³/mol. The van der Waals surface area contributed by atoms with Gasteiger partial charge in [0.15, 0.2) is 16.7 Å². The fraction of sp³-hybridized carbons (Fsp3) is 0.417. The lowest BCUT2D eigenvalue weighted by atomic mass is 10.2. The molecule has 1 aromatic rings. The van der Waals surface area contributed by atoms with Crippen LogP contribution in [0.2, 0.25) is 0 Å². The van der Waals surface area contributed by atoms with E-state index in [4.69, 9.17) is 12.2 Å². The van der Waals surface area contributed by atoms with Gasteiger partial charge in [0, 0.05) is 17.8 Å². The van der Waals surface area contributed by atoms with Gasteiger partial charge in [-0.3, -0.25) is 0 Å². The second-order valence-electron chi connectivity index (χ2n) is 3.92. The molecule has 17 heavy (non-hydrogen) atoms. The van der Waals surface area contributed by atoms with Crippen LogP contribution in [0.15, 0.2) is 18.2 Å². The van der Waals surface area contributed by atoms with Crippen molar-refractivity contribution in [3.05, 3.63) is 29.8 Å². The van der Waals surface area contributed by atoms with Gasteiger partial charge in [-0.05, 0) is 37.7 Å². The number of hydrogen-bond acceptors (Lipinski definition) is 1. The van der Waals surface area contributed by atoms with Crippen molar-refractivity contribution in [3.8, 4) is 0 Å². The van der Waals surface area contributed by atoms with Crippen molar-refractivity contribution in [1.82, 2.24) is 5.32 Å². The smallest absolute Gasteiger partial charge is 0.170 e. The van der Waals surface area contributed by atoms with Gasteiger partial charge >= 0.3 is 0 Å². The molecule has 0 heterocycles. The van der Waals surface area contributed by atoms with Crippen LogP contribution in [0.4, 0.5) is 14.5 Å². The number of thiocarbonyl (C=S) groups is 1. The third-order valence-electron chi connectivity index (χ3n) is 2.28. The summed E-state index contributed by atoms with van der Waals surface area (Å²) in [7, 11) is 0. The molecule has 0 spiro atoms. The van der Waals surface area contributed by atoms with Gasteiger partial charge in [0.2, 0.25) is 0 Å². The van der Waals surface area contributed by atoms with Gasteiger partial charge in [-0.25, -0.2) is 8.78 Å². The van der Waals surface area contributed by atoms with Crippen LogP contribution in [0.3, 0.4) is 0 Å². The van der Waals surface area contributed by atoms with E-state index >= 15 is 0 Å². The first-order chi connectivity index (χ1) is 8.02. The molecule has 0 aliphatic carbocycles. The lowest BCUT2D eigenvalue weighted by molar-refractivity contribution is 0.509.